The second-order valence-electron chi connectivity index (χ2n) is 7.90. The molecule has 1 aromatic heterocycles. The van der Waals surface area contributed by atoms with Crippen LogP contribution in [0.5, 0.6) is 5.75 Å². The monoisotopic (exact) mass is 449 g/mol. The van der Waals surface area contributed by atoms with Gasteiger partial charge in [0.1, 0.15) is 5.75 Å². The summed E-state index contributed by atoms with van der Waals surface area (Å²) >= 11 is 3.56. The van der Waals surface area contributed by atoms with E-state index in [0.29, 0.717) is 0 Å². The van der Waals surface area contributed by atoms with Gasteiger partial charge in [-0.1, -0.05) is 17.8 Å². The Bertz CT molecular complexity index is 847. The van der Waals surface area contributed by atoms with Gasteiger partial charge in [-0.3, -0.25) is 9.69 Å². The summed E-state index contributed by atoms with van der Waals surface area (Å²) in [4.78, 5) is 23.9. The zero-order chi connectivity index (χ0) is 20.9. The van der Waals surface area contributed by atoms with E-state index in [-0.39, 0.29) is 11.9 Å². The van der Waals surface area contributed by atoms with Gasteiger partial charge >= 0.3 is 0 Å². The third kappa shape index (κ3) is 5.19. The molecular weight excluding hydrogens is 418 g/mol. The van der Waals surface area contributed by atoms with Crippen LogP contribution in [0.1, 0.15) is 19.3 Å². The summed E-state index contributed by atoms with van der Waals surface area (Å²) in [5.74, 6) is 2.82. The lowest BCUT2D eigenvalue weighted by Gasteiger charge is -2.34. The van der Waals surface area contributed by atoms with E-state index >= 15 is 0 Å². The van der Waals surface area contributed by atoms with Crippen molar-refractivity contribution in [2.24, 2.45) is 5.73 Å². The molecule has 0 unspecified atom stereocenters. The van der Waals surface area contributed by atoms with Crippen LogP contribution in [0, 0.1) is 0 Å². The van der Waals surface area contributed by atoms with E-state index in [4.69, 9.17) is 15.5 Å². The van der Waals surface area contributed by atoms with E-state index in [1.54, 1.807) is 30.2 Å². The summed E-state index contributed by atoms with van der Waals surface area (Å²) in [6.07, 6.45) is 2.89. The fraction of sp³-hybridized carbons (Fsp3) is 0.619. The second-order valence-corrected chi connectivity index (χ2v) is 9.98. The Kier molecular flexibility index (Phi) is 7.35. The number of thioether (sulfide) groups is 1. The number of carbonyl (C=O) groups excluding carboxylic acids is 1. The number of unbranched alkanes of at least 4 members (excludes halogenated alkanes) is 1. The third-order valence-corrected chi connectivity index (χ3v) is 7.91. The highest BCUT2D eigenvalue weighted by Gasteiger charge is 2.24. The highest BCUT2D eigenvalue weighted by Crippen LogP contribution is 2.31. The predicted octanol–water partition coefficient (Wildman–Crippen LogP) is 2.46. The number of nitrogens with two attached hydrogens (primary N) is 1. The summed E-state index contributed by atoms with van der Waals surface area (Å²) in [6, 6.07) is 5.75. The Labute approximate surface area is 186 Å². The molecule has 0 spiro atoms. The van der Waals surface area contributed by atoms with Crippen LogP contribution in [0.3, 0.4) is 0 Å². The van der Waals surface area contributed by atoms with Crippen molar-refractivity contribution in [3.63, 3.8) is 0 Å². The first-order valence-corrected chi connectivity index (χ1v) is 12.6. The maximum atomic E-state index is 12.3. The van der Waals surface area contributed by atoms with Crippen LogP contribution in [-0.2, 0) is 4.79 Å². The quantitative estimate of drug-likeness (QED) is 0.621. The topological polar surface area (TPSA) is 74.9 Å². The van der Waals surface area contributed by atoms with Crippen molar-refractivity contribution < 1.29 is 9.53 Å². The number of piperazine rings is 1. The predicted molar refractivity (Wildman–Crippen MR) is 126 cm³/mol. The molecule has 2 aliphatic rings. The maximum Gasteiger partial charge on any atom is 0.240 e. The lowest BCUT2D eigenvalue weighted by atomic mass is 10.1. The van der Waals surface area contributed by atoms with E-state index < -0.39 is 0 Å². The Hall–Kier alpha value is -1.55. The maximum absolute atomic E-state index is 12.3. The average molecular weight is 450 g/mol. The Morgan fingerprint density at radius 2 is 2.07 bits per heavy atom. The number of thiazole rings is 1. The standard InChI is InChI=1S/C21H31N5O2S2/c1-28-16-5-6-19-18(14-16)23-21(30-19)25-10-8-24(9-11-25)7-3-2-4-17(22)20(27)26-12-13-29-15-26/h5-6,14,17H,2-4,7-13,15,22H2,1H3/t17-/m0/s1. The molecule has 1 amide bonds. The number of amides is 1. The largest absolute Gasteiger partial charge is 0.497 e. The fourth-order valence-electron chi connectivity index (χ4n) is 3.97. The van der Waals surface area contributed by atoms with Gasteiger partial charge in [0.25, 0.3) is 0 Å². The molecule has 0 bridgehead atoms. The lowest BCUT2D eigenvalue weighted by Crippen LogP contribution is -2.46. The normalized spacial score (nSPS) is 18.9. The molecule has 0 aliphatic carbocycles. The molecule has 2 N–H and O–H groups in total. The highest BCUT2D eigenvalue weighted by molar-refractivity contribution is 7.99. The van der Waals surface area contributed by atoms with Gasteiger partial charge < -0.3 is 20.3 Å². The van der Waals surface area contributed by atoms with Crippen molar-refractivity contribution in [1.82, 2.24) is 14.8 Å². The fourth-order valence-corrected chi connectivity index (χ4v) is 5.92. The number of nitrogens with zero attached hydrogens (tertiary/aromatic N) is 4. The van der Waals surface area contributed by atoms with Gasteiger partial charge in [-0.05, 0) is 31.5 Å². The molecule has 2 saturated heterocycles. The summed E-state index contributed by atoms with van der Waals surface area (Å²) in [7, 11) is 1.69. The van der Waals surface area contributed by atoms with Crippen molar-refractivity contribution in [2.75, 3.05) is 62.9 Å². The zero-order valence-electron chi connectivity index (χ0n) is 17.6. The number of benzene rings is 1. The molecule has 4 rings (SSSR count). The van der Waals surface area contributed by atoms with E-state index in [9.17, 15) is 4.79 Å². The molecule has 0 saturated carbocycles. The number of rotatable bonds is 8. The number of hydrogen-bond donors (Lipinski definition) is 1. The van der Waals surface area contributed by atoms with Crippen molar-refractivity contribution in [1.29, 1.82) is 0 Å². The van der Waals surface area contributed by atoms with Crippen LogP contribution in [-0.4, -0.2) is 84.7 Å². The molecule has 2 fully saturated rings. The highest BCUT2D eigenvalue weighted by atomic mass is 32.2. The zero-order valence-corrected chi connectivity index (χ0v) is 19.2. The van der Waals surface area contributed by atoms with Gasteiger partial charge in [-0.2, -0.15) is 0 Å². The first kappa shape index (κ1) is 21.7. The first-order chi connectivity index (χ1) is 14.6. The second kappa shape index (κ2) is 10.2. The van der Waals surface area contributed by atoms with Crippen LogP contribution in [0.25, 0.3) is 10.2 Å². The molecule has 2 aliphatic heterocycles. The Morgan fingerprint density at radius 1 is 1.23 bits per heavy atom. The van der Waals surface area contributed by atoms with E-state index in [0.717, 1.165) is 86.6 Å². The molecule has 9 heteroatoms. The van der Waals surface area contributed by atoms with Gasteiger partial charge in [-0.15, -0.1) is 11.8 Å². The Morgan fingerprint density at radius 3 is 2.80 bits per heavy atom. The number of ether oxygens (including phenoxy) is 1. The van der Waals surface area contributed by atoms with E-state index in [2.05, 4.69) is 15.9 Å². The SMILES string of the molecule is COc1ccc2sc(N3CCN(CCCC[C@H](N)C(=O)N4CCSC4)CC3)nc2c1. The van der Waals surface area contributed by atoms with Crippen LogP contribution < -0.4 is 15.4 Å². The summed E-state index contributed by atoms with van der Waals surface area (Å²) in [5, 5.41) is 1.10. The number of methoxy groups -OCH3 is 1. The molecule has 0 radical (unpaired) electrons. The van der Waals surface area contributed by atoms with Gasteiger partial charge in [0.05, 0.1) is 29.2 Å². The van der Waals surface area contributed by atoms with Crippen molar-refractivity contribution in [2.45, 2.75) is 25.3 Å². The minimum absolute atomic E-state index is 0.127. The molecule has 30 heavy (non-hydrogen) atoms. The number of anilines is 1. The molecule has 7 nitrogen and oxygen atoms in total. The molecule has 1 aromatic carbocycles. The van der Waals surface area contributed by atoms with Crippen molar-refractivity contribution in [3.05, 3.63) is 18.2 Å². The first-order valence-electron chi connectivity index (χ1n) is 10.7. The summed E-state index contributed by atoms with van der Waals surface area (Å²) in [5.41, 5.74) is 7.12. The number of carbonyl (C=O) groups is 1. The van der Waals surface area contributed by atoms with Crippen molar-refractivity contribution in [3.8, 4) is 5.75 Å². The van der Waals surface area contributed by atoms with Gasteiger partial charge in [0.2, 0.25) is 5.91 Å². The number of hydrogen-bond acceptors (Lipinski definition) is 8. The average Bonchev–Trinajstić information content (AvgIpc) is 3.46. The van der Waals surface area contributed by atoms with Crippen LogP contribution in [0.4, 0.5) is 5.13 Å². The van der Waals surface area contributed by atoms with Crippen LogP contribution in [0.15, 0.2) is 18.2 Å². The van der Waals surface area contributed by atoms with E-state index in [1.165, 1.54) is 4.70 Å². The summed E-state index contributed by atoms with van der Waals surface area (Å²) in [6.45, 7) is 6.03. The van der Waals surface area contributed by atoms with Gasteiger partial charge in [0.15, 0.2) is 5.13 Å². The summed E-state index contributed by atoms with van der Waals surface area (Å²) < 4.78 is 6.51. The smallest absolute Gasteiger partial charge is 0.240 e. The lowest BCUT2D eigenvalue weighted by molar-refractivity contribution is -0.131. The minimum atomic E-state index is -0.335. The molecular formula is C21H31N5O2S2. The van der Waals surface area contributed by atoms with Crippen molar-refractivity contribution >= 4 is 44.4 Å². The van der Waals surface area contributed by atoms with Crippen LogP contribution in [0.2, 0.25) is 0 Å². The van der Waals surface area contributed by atoms with Crippen LogP contribution >= 0.6 is 23.1 Å². The minimum Gasteiger partial charge on any atom is -0.497 e. The number of fused-ring (bicyclic) bond motifs is 1. The Balaban J connectivity index is 1.17. The third-order valence-electron chi connectivity index (χ3n) is 5.85. The molecule has 2 aromatic rings. The number of aromatic nitrogens is 1. The van der Waals surface area contributed by atoms with E-state index in [1.807, 2.05) is 17.0 Å². The molecule has 3 heterocycles. The molecule has 164 valence electrons. The van der Waals surface area contributed by atoms with Gasteiger partial charge in [-0.25, -0.2) is 4.98 Å². The molecule has 1 atom stereocenters. The van der Waals surface area contributed by atoms with Gasteiger partial charge in [0, 0.05) is 44.5 Å².